The van der Waals surface area contributed by atoms with E-state index in [1.165, 1.54) is 9.35 Å². The molecule has 2 aromatic rings. The standard InChI is InChI=1S/C15H18BrNO2S/c1-17(10-15-13(16)6-7-20-15)9-11-4-5-12(18-2)8-14(11)19-3/h4-8H,9-10H2,1-3H3. The fraction of sp³-hybridized carbons (Fsp3) is 0.333. The van der Waals surface area contributed by atoms with Crippen LogP contribution in [-0.4, -0.2) is 26.2 Å². The van der Waals surface area contributed by atoms with Crippen LogP contribution >= 0.6 is 27.3 Å². The van der Waals surface area contributed by atoms with Crippen LogP contribution in [0.3, 0.4) is 0 Å². The van der Waals surface area contributed by atoms with Crippen LogP contribution in [0.1, 0.15) is 10.4 Å². The Labute approximate surface area is 132 Å². The number of thiophene rings is 1. The van der Waals surface area contributed by atoms with Gasteiger partial charge >= 0.3 is 0 Å². The van der Waals surface area contributed by atoms with Gasteiger partial charge in [0, 0.05) is 34.1 Å². The van der Waals surface area contributed by atoms with Gasteiger partial charge in [0.2, 0.25) is 0 Å². The second-order valence-electron chi connectivity index (χ2n) is 4.54. The molecular formula is C15H18BrNO2S. The monoisotopic (exact) mass is 355 g/mol. The van der Waals surface area contributed by atoms with Gasteiger partial charge in [-0.1, -0.05) is 6.07 Å². The summed E-state index contributed by atoms with van der Waals surface area (Å²) in [6.45, 7) is 1.74. The Morgan fingerprint density at radius 2 is 1.95 bits per heavy atom. The summed E-state index contributed by atoms with van der Waals surface area (Å²) in [4.78, 5) is 3.60. The number of rotatable bonds is 6. The van der Waals surface area contributed by atoms with E-state index in [9.17, 15) is 0 Å². The van der Waals surface area contributed by atoms with E-state index in [1.807, 2.05) is 12.1 Å². The zero-order valence-electron chi connectivity index (χ0n) is 11.9. The molecule has 0 saturated carbocycles. The van der Waals surface area contributed by atoms with Crippen LogP contribution in [0.2, 0.25) is 0 Å². The van der Waals surface area contributed by atoms with Gasteiger partial charge in [-0.3, -0.25) is 4.90 Å². The first-order chi connectivity index (χ1) is 9.63. The number of benzene rings is 1. The van der Waals surface area contributed by atoms with Gasteiger partial charge in [-0.15, -0.1) is 11.3 Å². The zero-order chi connectivity index (χ0) is 14.5. The highest BCUT2D eigenvalue weighted by molar-refractivity contribution is 9.10. The minimum absolute atomic E-state index is 0.814. The van der Waals surface area contributed by atoms with Crippen LogP contribution in [0, 0.1) is 0 Å². The van der Waals surface area contributed by atoms with Gasteiger partial charge < -0.3 is 9.47 Å². The highest BCUT2D eigenvalue weighted by Gasteiger charge is 2.10. The molecule has 0 unspecified atom stereocenters. The lowest BCUT2D eigenvalue weighted by atomic mass is 10.2. The second-order valence-corrected chi connectivity index (χ2v) is 6.40. The largest absolute Gasteiger partial charge is 0.497 e. The third-order valence-electron chi connectivity index (χ3n) is 3.04. The highest BCUT2D eigenvalue weighted by Crippen LogP contribution is 2.27. The SMILES string of the molecule is COc1ccc(CN(C)Cc2sccc2Br)c(OC)c1. The molecule has 0 amide bonds. The summed E-state index contributed by atoms with van der Waals surface area (Å²) < 4.78 is 11.8. The fourth-order valence-corrected chi connectivity index (χ4v) is 3.57. The van der Waals surface area contributed by atoms with Gasteiger partial charge in [-0.2, -0.15) is 0 Å². The summed E-state index contributed by atoms with van der Waals surface area (Å²) >= 11 is 5.33. The van der Waals surface area contributed by atoms with Gasteiger partial charge in [0.25, 0.3) is 0 Å². The molecule has 0 atom stereocenters. The Morgan fingerprint density at radius 1 is 1.15 bits per heavy atom. The van der Waals surface area contributed by atoms with Crippen LogP contribution in [-0.2, 0) is 13.1 Å². The topological polar surface area (TPSA) is 21.7 Å². The van der Waals surface area contributed by atoms with Gasteiger partial charge in [0.1, 0.15) is 11.5 Å². The second kappa shape index (κ2) is 7.11. The molecule has 1 aromatic carbocycles. The molecule has 0 aliphatic rings. The van der Waals surface area contributed by atoms with E-state index in [2.05, 4.69) is 45.4 Å². The number of hydrogen-bond acceptors (Lipinski definition) is 4. The van der Waals surface area contributed by atoms with Crippen LogP contribution in [0.4, 0.5) is 0 Å². The highest BCUT2D eigenvalue weighted by atomic mass is 79.9. The molecule has 1 aromatic heterocycles. The lowest BCUT2D eigenvalue weighted by Gasteiger charge is -2.18. The van der Waals surface area contributed by atoms with E-state index in [0.29, 0.717) is 0 Å². The molecule has 0 aliphatic heterocycles. The maximum absolute atomic E-state index is 5.43. The van der Waals surface area contributed by atoms with E-state index >= 15 is 0 Å². The molecular weight excluding hydrogens is 338 g/mol. The first kappa shape index (κ1) is 15.4. The molecule has 5 heteroatoms. The van der Waals surface area contributed by atoms with Crippen molar-refractivity contribution >= 4 is 27.3 Å². The molecule has 2 rings (SSSR count). The molecule has 0 N–H and O–H groups in total. The van der Waals surface area contributed by atoms with Crippen molar-refractivity contribution in [1.29, 1.82) is 0 Å². The third-order valence-corrected chi connectivity index (χ3v) is 4.95. The molecule has 3 nitrogen and oxygen atoms in total. The molecule has 108 valence electrons. The lowest BCUT2D eigenvalue weighted by Crippen LogP contribution is -2.17. The van der Waals surface area contributed by atoms with E-state index < -0.39 is 0 Å². The lowest BCUT2D eigenvalue weighted by molar-refractivity contribution is 0.311. The summed E-state index contributed by atoms with van der Waals surface area (Å²) in [6.07, 6.45) is 0. The Morgan fingerprint density at radius 3 is 2.55 bits per heavy atom. The van der Waals surface area contributed by atoms with Crippen molar-refractivity contribution < 1.29 is 9.47 Å². The average molecular weight is 356 g/mol. The summed E-state index contributed by atoms with van der Waals surface area (Å²) in [5.74, 6) is 1.68. The van der Waals surface area contributed by atoms with Crippen molar-refractivity contribution in [2.24, 2.45) is 0 Å². The third kappa shape index (κ3) is 3.75. The first-order valence-corrected chi connectivity index (χ1v) is 7.92. The number of halogens is 1. The summed E-state index contributed by atoms with van der Waals surface area (Å²) in [6, 6.07) is 8.02. The predicted octanol–water partition coefficient (Wildman–Crippen LogP) is 4.16. The number of ether oxygens (including phenoxy) is 2. The minimum Gasteiger partial charge on any atom is -0.497 e. The number of hydrogen-bond donors (Lipinski definition) is 0. The van der Waals surface area contributed by atoms with E-state index in [4.69, 9.17) is 9.47 Å². The van der Waals surface area contributed by atoms with E-state index in [-0.39, 0.29) is 0 Å². The van der Waals surface area contributed by atoms with Crippen LogP contribution in [0.5, 0.6) is 11.5 Å². The van der Waals surface area contributed by atoms with E-state index in [1.54, 1.807) is 25.6 Å². The van der Waals surface area contributed by atoms with Crippen LogP contribution in [0.15, 0.2) is 34.1 Å². The summed E-state index contributed by atoms with van der Waals surface area (Å²) in [5.41, 5.74) is 1.16. The Balaban J connectivity index is 2.07. The van der Waals surface area contributed by atoms with Crippen molar-refractivity contribution in [3.05, 3.63) is 44.6 Å². The van der Waals surface area contributed by atoms with Gasteiger partial charge in [-0.05, 0) is 40.5 Å². The van der Waals surface area contributed by atoms with Crippen LogP contribution < -0.4 is 9.47 Å². The van der Waals surface area contributed by atoms with Crippen molar-refractivity contribution in [3.8, 4) is 11.5 Å². The maximum Gasteiger partial charge on any atom is 0.127 e. The molecule has 0 radical (unpaired) electrons. The van der Waals surface area contributed by atoms with Crippen molar-refractivity contribution in [3.63, 3.8) is 0 Å². The molecule has 0 aliphatic carbocycles. The molecule has 0 fully saturated rings. The summed E-state index contributed by atoms with van der Waals surface area (Å²) in [5, 5.41) is 2.10. The summed E-state index contributed by atoms with van der Waals surface area (Å²) in [7, 11) is 5.46. The fourth-order valence-electron chi connectivity index (χ4n) is 2.01. The van der Waals surface area contributed by atoms with Gasteiger partial charge in [0.15, 0.2) is 0 Å². The van der Waals surface area contributed by atoms with Gasteiger partial charge in [0.05, 0.1) is 14.2 Å². The number of nitrogens with zero attached hydrogens (tertiary/aromatic N) is 1. The predicted molar refractivity (Wildman–Crippen MR) is 86.7 cm³/mol. The molecule has 0 bridgehead atoms. The zero-order valence-corrected chi connectivity index (χ0v) is 14.3. The van der Waals surface area contributed by atoms with Crippen molar-refractivity contribution in [2.45, 2.75) is 13.1 Å². The number of methoxy groups -OCH3 is 2. The smallest absolute Gasteiger partial charge is 0.127 e. The Hall–Kier alpha value is -1.04. The first-order valence-electron chi connectivity index (χ1n) is 6.25. The minimum atomic E-state index is 0.814. The van der Waals surface area contributed by atoms with Gasteiger partial charge in [-0.25, -0.2) is 0 Å². The Kier molecular flexibility index (Phi) is 5.46. The van der Waals surface area contributed by atoms with Crippen molar-refractivity contribution in [1.82, 2.24) is 4.90 Å². The molecule has 0 saturated heterocycles. The maximum atomic E-state index is 5.43. The van der Waals surface area contributed by atoms with Crippen LogP contribution in [0.25, 0.3) is 0 Å². The Bertz CT molecular complexity index is 571. The molecule has 0 spiro atoms. The molecule has 20 heavy (non-hydrogen) atoms. The molecule has 1 heterocycles. The average Bonchev–Trinajstić information content (AvgIpc) is 2.84. The van der Waals surface area contributed by atoms with Crippen molar-refractivity contribution in [2.75, 3.05) is 21.3 Å². The normalized spacial score (nSPS) is 10.8. The van der Waals surface area contributed by atoms with E-state index in [0.717, 1.165) is 30.2 Å². The quantitative estimate of drug-likeness (QED) is 0.776.